The van der Waals surface area contributed by atoms with Crippen molar-refractivity contribution in [2.45, 2.75) is 0 Å². The van der Waals surface area contributed by atoms with Crippen molar-refractivity contribution >= 4 is 11.6 Å². The van der Waals surface area contributed by atoms with E-state index in [4.69, 9.17) is 16.9 Å². The number of carbonyl (C=O) groups excluding carboxylic acids is 1. The molecule has 0 bridgehead atoms. The van der Waals surface area contributed by atoms with Gasteiger partial charge in [0.05, 0.1) is 5.71 Å². The first-order chi connectivity index (χ1) is 6.16. The van der Waals surface area contributed by atoms with Gasteiger partial charge in [-0.3, -0.25) is 4.79 Å². The maximum atomic E-state index is 10.9. The van der Waals surface area contributed by atoms with Crippen LogP contribution in [-0.4, -0.2) is 18.2 Å². The lowest BCUT2D eigenvalue weighted by molar-refractivity contribution is 0.1000. The Labute approximate surface area is 76.1 Å². The Hall–Kier alpha value is -1.68. The fourth-order valence-corrected chi connectivity index (χ4v) is 1.07. The largest absolute Gasteiger partial charge is 0.366 e. The van der Waals surface area contributed by atoms with Gasteiger partial charge in [0.1, 0.15) is 0 Å². The number of nitrogens with two attached hydrogens (primary N) is 2. The minimum atomic E-state index is -0.534. The number of hydrogen-bond donors (Lipinski definition) is 3. The average molecular weight is 177 g/mol. The molecule has 1 aromatic carbocycles. The van der Waals surface area contributed by atoms with E-state index in [1.165, 1.54) is 0 Å². The predicted molar refractivity (Wildman–Crippen MR) is 50.8 cm³/mol. The van der Waals surface area contributed by atoms with Gasteiger partial charge >= 0.3 is 0 Å². The predicted octanol–water partition coefficient (Wildman–Crippen LogP) is 0.112. The molecule has 0 radical (unpaired) electrons. The molecule has 13 heavy (non-hydrogen) atoms. The van der Waals surface area contributed by atoms with E-state index in [0.717, 1.165) is 0 Å². The first-order valence-electron chi connectivity index (χ1n) is 3.83. The van der Waals surface area contributed by atoms with Gasteiger partial charge in [-0.05, 0) is 6.07 Å². The highest BCUT2D eigenvalue weighted by Crippen LogP contribution is 2.07. The summed E-state index contributed by atoms with van der Waals surface area (Å²) in [4.78, 5) is 10.9. The van der Waals surface area contributed by atoms with E-state index in [-0.39, 0.29) is 12.3 Å². The third-order valence-corrected chi connectivity index (χ3v) is 1.72. The van der Waals surface area contributed by atoms with Gasteiger partial charge in [0.2, 0.25) is 5.91 Å². The van der Waals surface area contributed by atoms with Gasteiger partial charge in [-0.15, -0.1) is 0 Å². The summed E-state index contributed by atoms with van der Waals surface area (Å²) in [7, 11) is 0. The molecule has 4 nitrogen and oxygen atoms in total. The summed E-state index contributed by atoms with van der Waals surface area (Å²) >= 11 is 0. The number of carbonyl (C=O) groups is 1. The number of benzene rings is 1. The standard InChI is InChI=1S/C9H11N3O/c10-5-8(11)6-3-1-2-4-7(6)9(12)13/h1-4,11H,5,10H2,(H2,12,13). The van der Waals surface area contributed by atoms with Crippen LogP contribution in [0, 0.1) is 5.41 Å². The molecule has 1 amide bonds. The van der Waals surface area contributed by atoms with Crippen LogP contribution < -0.4 is 11.5 Å². The third-order valence-electron chi connectivity index (χ3n) is 1.72. The summed E-state index contributed by atoms with van der Waals surface area (Å²) in [6.07, 6.45) is 0. The zero-order valence-corrected chi connectivity index (χ0v) is 7.08. The molecule has 1 aromatic rings. The smallest absolute Gasteiger partial charge is 0.249 e. The third kappa shape index (κ3) is 1.91. The van der Waals surface area contributed by atoms with Gasteiger partial charge in [0.25, 0.3) is 0 Å². The molecule has 0 unspecified atom stereocenters. The van der Waals surface area contributed by atoms with E-state index in [1.807, 2.05) is 0 Å². The van der Waals surface area contributed by atoms with Crippen LogP contribution >= 0.6 is 0 Å². The number of nitrogens with one attached hydrogen (secondary N) is 1. The van der Waals surface area contributed by atoms with Crippen LogP contribution in [0.15, 0.2) is 24.3 Å². The van der Waals surface area contributed by atoms with Gasteiger partial charge in [0.15, 0.2) is 0 Å². The van der Waals surface area contributed by atoms with E-state index < -0.39 is 5.91 Å². The topological polar surface area (TPSA) is 93.0 Å². The molecule has 5 N–H and O–H groups in total. The second-order valence-electron chi connectivity index (χ2n) is 2.59. The Morgan fingerprint density at radius 1 is 1.31 bits per heavy atom. The summed E-state index contributed by atoms with van der Waals surface area (Å²) in [5, 5.41) is 7.48. The summed E-state index contributed by atoms with van der Waals surface area (Å²) in [5.41, 5.74) is 11.5. The number of primary amides is 1. The van der Waals surface area contributed by atoms with Crippen molar-refractivity contribution in [3.05, 3.63) is 35.4 Å². The molecule has 0 fully saturated rings. The molecule has 0 heterocycles. The Kier molecular flexibility index (Phi) is 2.76. The maximum absolute atomic E-state index is 10.9. The van der Waals surface area contributed by atoms with Gasteiger partial charge in [-0.25, -0.2) is 0 Å². The molecule has 1 rings (SSSR count). The second kappa shape index (κ2) is 3.82. The van der Waals surface area contributed by atoms with Crippen molar-refractivity contribution in [3.63, 3.8) is 0 Å². The molecule has 0 aliphatic heterocycles. The molecule has 4 heteroatoms. The van der Waals surface area contributed by atoms with E-state index in [9.17, 15) is 4.79 Å². The molecule has 0 saturated carbocycles. The molecule has 0 aliphatic rings. The van der Waals surface area contributed by atoms with Crippen molar-refractivity contribution in [2.24, 2.45) is 11.5 Å². The zero-order chi connectivity index (χ0) is 9.84. The Bertz CT molecular complexity index is 346. The van der Waals surface area contributed by atoms with Crippen LogP contribution in [0.2, 0.25) is 0 Å². The van der Waals surface area contributed by atoms with Gasteiger partial charge in [0, 0.05) is 17.7 Å². The number of rotatable bonds is 3. The SMILES string of the molecule is N=C(CN)c1ccccc1C(N)=O. The minimum Gasteiger partial charge on any atom is -0.366 e. The van der Waals surface area contributed by atoms with Crippen molar-refractivity contribution in [3.8, 4) is 0 Å². The average Bonchev–Trinajstić information content (AvgIpc) is 2.16. The number of amides is 1. The van der Waals surface area contributed by atoms with Crippen LogP contribution in [0.25, 0.3) is 0 Å². The highest BCUT2D eigenvalue weighted by atomic mass is 16.1. The van der Waals surface area contributed by atoms with Crippen molar-refractivity contribution in [2.75, 3.05) is 6.54 Å². The molecule has 0 spiro atoms. The van der Waals surface area contributed by atoms with Crippen LogP contribution in [0.1, 0.15) is 15.9 Å². The van der Waals surface area contributed by atoms with E-state index in [0.29, 0.717) is 11.1 Å². The summed E-state index contributed by atoms with van der Waals surface area (Å²) in [6, 6.07) is 6.69. The Balaban J connectivity index is 3.19. The van der Waals surface area contributed by atoms with E-state index in [2.05, 4.69) is 0 Å². The molecular formula is C9H11N3O. The molecule has 68 valence electrons. The lowest BCUT2D eigenvalue weighted by Crippen LogP contribution is -2.20. The van der Waals surface area contributed by atoms with Gasteiger partial charge in [-0.1, -0.05) is 18.2 Å². The first-order valence-corrected chi connectivity index (χ1v) is 3.83. The normalized spacial score (nSPS) is 9.62. The maximum Gasteiger partial charge on any atom is 0.249 e. The van der Waals surface area contributed by atoms with Crippen molar-refractivity contribution < 1.29 is 4.79 Å². The minimum absolute atomic E-state index is 0.101. The van der Waals surface area contributed by atoms with Gasteiger partial charge < -0.3 is 16.9 Å². The Morgan fingerprint density at radius 3 is 2.31 bits per heavy atom. The lowest BCUT2D eigenvalue weighted by Gasteiger charge is -2.05. The van der Waals surface area contributed by atoms with Gasteiger partial charge in [-0.2, -0.15) is 0 Å². The van der Waals surface area contributed by atoms with Crippen LogP contribution in [0.4, 0.5) is 0 Å². The summed E-state index contributed by atoms with van der Waals surface area (Å²) < 4.78 is 0. The molecule has 0 atom stereocenters. The van der Waals surface area contributed by atoms with Crippen molar-refractivity contribution in [1.29, 1.82) is 5.41 Å². The molecular weight excluding hydrogens is 166 g/mol. The fraction of sp³-hybridized carbons (Fsp3) is 0.111. The highest BCUT2D eigenvalue weighted by Gasteiger charge is 2.09. The molecule has 0 aromatic heterocycles. The lowest BCUT2D eigenvalue weighted by atomic mass is 10.0. The fourth-order valence-electron chi connectivity index (χ4n) is 1.07. The summed E-state index contributed by atoms with van der Waals surface area (Å²) in [6.45, 7) is 0.101. The van der Waals surface area contributed by atoms with Crippen molar-refractivity contribution in [1.82, 2.24) is 0 Å². The zero-order valence-electron chi connectivity index (χ0n) is 7.08. The van der Waals surface area contributed by atoms with E-state index >= 15 is 0 Å². The number of hydrogen-bond acceptors (Lipinski definition) is 3. The highest BCUT2D eigenvalue weighted by molar-refractivity contribution is 6.09. The monoisotopic (exact) mass is 177 g/mol. The van der Waals surface area contributed by atoms with Crippen LogP contribution in [0.5, 0.6) is 0 Å². The molecule has 0 aliphatic carbocycles. The van der Waals surface area contributed by atoms with Crippen LogP contribution in [-0.2, 0) is 0 Å². The second-order valence-corrected chi connectivity index (χ2v) is 2.59. The molecule has 0 saturated heterocycles. The quantitative estimate of drug-likeness (QED) is 0.572. The van der Waals surface area contributed by atoms with Crippen LogP contribution in [0.3, 0.4) is 0 Å². The van der Waals surface area contributed by atoms with E-state index in [1.54, 1.807) is 24.3 Å². The summed E-state index contributed by atoms with van der Waals surface area (Å²) in [5.74, 6) is -0.534. The Morgan fingerprint density at radius 2 is 1.85 bits per heavy atom. The first kappa shape index (κ1) is 9.41.